The van der Waals surface area contributed by atoms with Crippen LogP contribution in [0.5, 0.6) is 0 Å². The maximum atomic E-state index is 5.83. The second kappa shape index (κ2) is 9.74. The van der Waals surface area contributed by atoms with Gasteiger partial charge in [-0.05, 0) is 55.0 Å². The largest absolute Gasteiger partial charge is 0.361 e. The lowest BCUT2D eigenvalue weighted by Gasteiger charge is -2.13. The normalized spacial score (nSPS) is 9.70. The molecule has 0 aliphatic rings. The Hall–Kier alpha value is -1.11. The van der Waals surface area contributed by atoms with Gasteiger partial charge < -0.3 is 10.6 Å². The van der Waals surface area contributed by atoms with Crippen LogP contribution < -0.4 is 21.5 Å². The number of hydrogen-bond donors (Lipinski definition) is 4. The van der Waals surface area contributed by atoms with Crippen LogP contribution in [0, 0.1) is 0 Å². The Kier molecular flexibility index (Phi) is 8.25. The molecule has 0 atom stereocenters. The highest BCUT2D eigenvalue weighted by atomic mass is 35.5. The first kappa shape index (κ1) is 16.9. The number of nitrogens with one attached hydrogen (secondary N) is 4. The highest BCUT2D eigenvalue weighted by Gasteiger charge is 1.98. The topological polar surface area (TPSA) is 48.1 Å². The number of thiocarbonyl (C=S) groups is 2. The Bertz CT molecular complexity index is 437. The fourth-order valence-corrected chi connectivity index (χ4v) is 1.84. The molecule has 0 aliphatic heterocycles. The highest BCUT2D eigenvalue weighted by molar-refractivity contribution is 7.80. The van der Waals surface area contributed by atoms with E-state index >= 15 is 0 Å². The van der Waals surface area contributed by atoms with Crippen molar-refractivity contribution < 1.29 is 0 Å². The van der Waals surface area contributed by atoms with Gasteiger partial charge in [-0.15, -0.1) is 0 Å². The van der Waals surface area contributed by atoms with Crippen LogP contribution >= 0.6 is 36.0 Å². The Balaban J connectivity index is 2.14. The fourth-order valence-electron chi connectivity index (χ4n) is 1.41. The molecule has 1 aromatic rings. The number of halogens is 1. The molecule has 0 heterocycles. The molecule has 0 spiro atoms. The zero-order valence-electron chi connectivity index (χ0n) is 11.3. The first-order valence-corrected chi connectivity index (χ1v) is 7.63. The van der Waals surface area contributed by atoms with E-state index in [-0.39, 0.29) is 0 Å². The minimum atomic E-state index is 0.514. The molecule has 0 unspecified atom stereocenters. The third-order valence-corrected chi connectivity index (χ3v) is 3.18. The fraction of sp³-hybridized carbons (Fsp3) is 0.385. The molecule has 0 saturated carbocycles. The zero-order valence-corrected chi connectivity index (χ0v) is 13.7. The van der Waals surface area contributed by atoms with E-state index in [0.29, 0.717) is 10.2 Å². The lowest BCUT2D eigenvalue weighted by atomic mass is 10.1. The second-order valence-electron chi connectivity index (χ2n) is 4.14. The van der Waals surface area contributed by atoms with Crippen molar-refractivity contribution in [3.63, 3.8) is 0 Å². The summed E-state index contributed by atoms with van der Waals surface area (Å²) in [5.74, 6) is 0. The van der Waals surface area contributed by atoms with Crippen molar-refractivity contribution in [2.45, 2.75) is 19.8 Å². The van der Waals surface area contributed by atoms with Crippen LogP contribution in [0.15, 0.2) is 24.3 Å². The summed E-state index contributed by atoms with van der Waals surface area (Å²) >= 11 is 16.0. The van der Waals surface area contributed by atoms with Gasteiger partial charge in [0.1, 0.15) is 0 Å². The summed E-state index contributed by atoms with van der Waals surface area (Å²) in [7, 11) is 0. The van der Waals surface area contributed by atoms with Crippen LogP contribution in [0.25, 0.3) is 0 Å². The SMILES string of the molecule is CCCNC(=S)NNC(=S)NCCc1ccc(Cl)cc1. The van der Waals surface area contributed by atoms with E-state index in [0.717, 1.165) is 31.0 Å². The Morgan fingerprint density at radius 2 is 1.55 bits per heavy atom. The van der Waals surface area contributed by atoms with Crippen molar-refractivity contribution in [2.75, 3.05) is 13.1 Å². The lowest BCUT2D eigenvalue weighted by Crippen LogP contribution is -2.50. The van der Waals surface area contributed by atoms with Crippen LogP contribution in [0.3, 0.4) is 0 Å². The van der Waals surface area contributed by atoms with Crippen molar-refractivity contribution in [1.82, 2.24) is 21.5 Å². The molecular weight excluding hydrogens is 312 g/mol. The predicted molar refractivity (Wildman–Crippen MR) is 92.9 cm³/mol. The summed E-state index contributed by atoms with van der Waals surface area (Å²) in [5.41, 5.74) is 6.86. The van der Waals surface area contributed by atoms with Gasteiger partial charge in [0, 0.05) is 18.1 Å². The van der Waals surface area contributed by atoms with Crippen molar-refractivity contribution in [2.24, 2.45) is 0 Å². The predicted octanol–water partition coefficient (Wildman–Crippen LogP) is 2.14. The van der Waals surface area contributed by atoms with Gasteiger partial charge in [-0.2, -0.15) is 0 Å². The first-order valence-electron chi connectivity index (χ1n) is 6.44. The van der Waals surface area contributed by atoms with Crippen molar-refractivity contribution >= 4 is 46.3 Å². The molecule has 0 aromatic heterocycles. The molecule has 0 aliphatic carbocycles. The average molecular weight is 331 g/mol. The molecule has 7 heteroatoms. The summed E-state index contributed by atoms with van der Waals surface area (Å²) in [4.78, 5) is 0. The highest BCUT2D eigenvalue weighted by Crippen LogP contribution is 2.09. The third kappa shape index (κ3) is 7.47. The van der Waals surface area contributed by atoms with E-state index < -0.39 is 0 Å². The molecule has 0 amide bonds. The quantitative estimate of drug-likeness (QED) is 0.490. The maximum Gasteiger partial charge on any atom is 0.185 e. The average Bonchev–Trinajstić information content (AvgIpc) is 2.45. The van der Waals surface area contributed by atoms with Crippen molar-refractivity contribution in [3.8, 4) is 0 Å². The van der Waals surface area contributed by atoms with E-state index in [1.165, 1.54) is 5.56 Å². The van der Waals surface area contributed by atoms with Gasteiger partial charge in [0.2, 0.25) is 0 Å². The summed E-state index contributed by atoms with van der Waals surface area (Å²) in [5, 5.41) is 7.92. The molecule has 0 radical (unpaired) electrons. The maximum absolute atomic E-state index is 5.83. The van der Waals surface area contributed by atoms with Gasteiger partial charge >= 0.3 is 0 Å². The molecular formula is C13H19ClN4S2. The summed E-state index contributed by atoms with van der Waals surface area (Å²) < 4.78 is 0. The molecule has 1 aromatic carbocycles. The van der Waals surface area contributed by atoms with Gasteiger partial charge in [0.15, 0.2) is 10.2 Å². The Labute approximate surface area is 135 Å². The molecule has 0 bridgehead atoms. The molecule has 0 fully saturated rings. The van der Waals surface area contributed by atoms with Gasteiger partial charge in [0.25, 0.3) is 0 Å². The van der Waals surface area contributed by atoms with Gasteiger partial charge in [0.05, 0.1) is 0 Å². The van der Waals surface area contributed by atoms with E-state index in [1.807, 2.05) is 24.3 Å². The summed E-state index contributed by atoms with van der Waals surface area (Å²) in [6.45, 7) is 3.65. The Morgan fingerprint density at radius 3 is 2.10 bits per heavy atom. The van der Waals surface area contributed by atoms with Crippen LogP contribution in [-0.2, 0) is 6.42 Å². The van der Waals surface area contributed by atoms with Crippen molar-refractivity contribution in [1.29, 1.82) is 0 Å². The van der Waals surface area contributed by atoms with Gasteiger partial charge in [-0.25, -0.2) is 0 Å². The van der Waals surface area contributed by atoms with Gasteiger partial charge in [-0.3, -0.25) is 10.9 Å². The molecule has 110 valence electrons. The second-order valence-corrected chi connectivity index (χ2v) is 5.39. The minimum Gasteiger partial charge on any atom is -0.361 e. The van der Waals surface area contributed by atoms with Crippen molar-refractivity contribution in [3.05, 3.63) is 34.9 Å². The molecule has 4 nitrogen and oxygen atoms in total. The monoisotopic (exact) mass is 330 g/mol. The lowest BCUT2D eigenvalue weighted by molar-refractivity contribution is 0.758. The van der Waals surface area contributed by atoms with E-state index in [1.54, 1.807) is 0 Å². The van der Waals surface area contributed by atoms with Crippen LogP contribution in [0.4, 0.5) is 0 Å². The number of hydrogen-bond acceptors (Lipinski definition) is 2. The zero-order chi connectivity index (χ0) is 14.8. The molecule has 20 heavy (non-hydrogen) atoms. The third-order valence-electron chi connectivity index (χ3n) is 2.44. The summed E-state index contributed by atoms with van der Waals surface area (Å²) in [6.07, 6.45) is 1.89. The van der Waals surface area contributed by atoms with E-state index in [9.17, 15) is 0 Å². The van der Waals surface area contributed by atoms with E-state index in [2.05, 4.69) is 28.4 Å². The van der Waals surface area contributed by atoms with Crippen LogP contribution in [0.2, 0.25) is 5.02 Å². The smallest absolute Gasteiger partial charge is 0.185 e. The van der Waals surface area contributed by atoms with Gasteiger partial charge in [-0.1, -0.05) is 30.7 Å². The molecule has 0 saturated heterocycles. The van der Waals surface area contributed by atoms with Crippen LogP contribution in [0.1, 0.15) is 18.9 Å². The number of benzene rings is 1. The first-order chi connectivity index (χ1) is 9.61. The summed E-state index contributed by atoms with van der Waals surface area (Å²) in [6, 6.07) is 7.77. The minimum absolute atomic E-state index is 0.514. The van der Waals surface area contributed by atoms with Crippen LogP contribution in [-0.4, -0.2) is 23.3 Å². The Morgan fingerprint density at radius 1 is 1.00 bits per heavy atom. The standard InChI is InChI=1S/C13H19ClN4S2/c1-2-8-15-12(19)17-18-13(20)16-9-7-10-3-5-11(14)6-4-10/h3-6H,2,7-9H2,1H3,(H2,15,17,19)(H2,16,18,20). The molecule has 1 rings (SSSR count). The number of rotatable bonds is 5. The number of hydrazine groups is 1. The van der Waals surface area contributed by atoms with E-state index in [4.69, 9.17) is 36.0 Å². The molecule has 4 N–H and O–H groups in total.